The van der Waals surface area contributed by atoms with Crippen LogP contribution in [0.4, 0.5) is 0 Å². The maximum atomic E-state index is 3.96. The van der Waals surface area contributed by atoms with E-state index < -0.39 is 0 Å². The van der Waals surface area contributed by atoms with E-state index >= 15 is 0 Å². The lowest BCUT2D eigenvalue weighted by Crippen LogP contribution is -2.14. The molecule has 0 N–H and O–H groups in total. The van der Waals surface area contributed by atoms with Crippen LogP contribution in [0.15, 0.2) is 60.1 Å². The molecule has 2 aliphatic rings. The summed E-state index contributed by atoms with van der Waals surface area (Å²) in [5, 5.41) is 0. The van der Waals surface area contributed by atoms with Crippen LogP contribution in [0, 0.1) is 0 Å². The molecule has 0 unspecified atom stereocenters. The number of hydrogen-bond acceptors (Lipinski definition) is 1. The first-order valence-corrected chi connectivity index (χ1v) is 4.00. The Morgan fingerprint density at radius 1 is 1.33 bits per heavy atom. The number of fused-ring (bicyclic) bond motifs is 1. The van der Waals surface area contributed by atoms with Gasteiger partial charge in [0.05, 0.1) is 0 Å². The van der Waals surface area contributed by atoms with Gasteiger partial charge in [0.25, 0.3) is 0 Å². The average Bonchev–Trinajstić information content (AvgIpc) is 2.07. The average molecular weight is 157 g/mol. The topological polar surface area (TPSA) is 3.24 Å². The lowest BCUT2D eigenvalue weighted by molar-refractivity contribution is 0.631. The molecule has 1 nitrogen and oxygen atoms in total. The van der Waals surface area contributed by atoms with E-state index in [1.807, 2.05) is 18.4 Å². The molecule has 2 aliphatic heterocycles. The van der Waals surface area contributed by atoms with Crippen LogP contribution in [0.25, 0.3) is 0 Å². The Bertz CT molecular complexity index is 340. The maximum Gasteiger partial charge on any atom is 0.0455 e. The monoisotopic (exact) mass is 157 g/mol. The number of hydrogen-bond donors (Lipinski definition) is 0. The van der Waals surface area contributed by atoms with Crippen molar-refractivity contribution >= 4 is 0 Å². The Labute approximate surface area is 72.7 Å². The summed E-state index contributed by atoms with van der Waals surface area (Å²) in [7, 11) is 0. The predicted molar refractivity (Wildman–Crippen MR) is 51.1 cm³/mol. The van der Waals surface area contributed by atoms with Crippen LogP contribution >= 0.6 is 0 Å². The number of rotatable bonds is 0. The van der Waals surface area contributed by atoms with Gasteiger partial charge in [0.1, 0.15) is 0 Å². The van der Waals surface area contributed by atoms with Crippen molar-refractivity contribution in [3.8, 4) is 0 Å². The normalized spacial score (nSPS) is 20.4. The lowest BCUT2D eigenvalue weighted by atomic mass is 10.0. The second-order valence-corrected chi connectivity index (χ2v) is 3.01. The Balaban J connectivity index is 2.41. The molecule has 0 radical (unpaired) electrons. The van der Waals surface area contributed by atoms with E-state index in [9.17, 15) is 0 Å². The zero-order chi connectivity index (χ0) is 8.55. The minimum atomic E-state index is 1.10. The van der Waals surface area contributed by atoms with Gasteiger partial charge >= 0.3 is 0 Å². The molecule has 0 spiro atoms. The van der Waals surface area contributed by atoms with Gasteiger partial charge in [-0.1, -0.05) is 12.7 Å². The first kappa shape index (κ1) is 7.17. The molecule has 60 valence electrons. The van der Waals surface area contributed by atoms with Gasteiger partial charge in [0, 0.05) is 18.1 Å². The molecule has 2 heterocycles. The standard InChI is InChI=1S/C11H11N/c1-9-7-11-5-3-4-6-12(11)8-10(9)2/h3-8H,1H2,2H3. The van der Waals surface area contributed by atoms with E-state index in [4.69, 9.17) is 0 Å². The summed E-state index contributed by atoms with van der Waals surface area (Å²) < 4.78 is 0. The largest absolute Gasteiger partial charge is 0.324 e. The van der Waals surface area contributed by atoms with Crippen molar-refractivity contribution in [3.05, 3.63) is 60.1 Å². The van der Waals surface area contributed by atoms with Gasteiger partial charge in [-0.2, -0.15) is 0 Å². The smallest absolute Gasteiger partial charge is 0.0455 e. The Morgan fingerprint density at radius 3 is 3.00 bits per heavy atom. The third-order valence-corrected chi connectivity index (χ3v) is 2.08. The second-order valence-electron chi connectivity index (χ2n) is 3.01. The Morgan fingerprint density at radius 2 is 2.17 bits per heavy atom. The van der Waals surface area contributed by atoms with Crippen LogP contribution in [0.1, 0.15) is 6.92 Å². The SMILES string of the molecule is C=C1C=C2C=CC=CN2C=C1C. The Hall–Kier alpha value is -1.50. The first-order valence-electron chi connectivity index (χ1n) is 4.00. The van der Waals surface area contributed by atoms with Crippen molar-refractivity contribution < 1.29 is 0 Å². The summed E-state index contributed by atoms with van der Waals surface area (Å²) in [5.41, 5.74) is 3.51. The van der Waals surface area contributed by atoms with Crippen LogP contribution in [-0.2, 0) is 0 Å². The fourth-order valence-corrected chi connectivity index (χ4v) is 1.29. The summed E-state index contributed by atoms with van der Waals surface area (Å²) >= 11 is 0. The fraction of sp³-hybridized carbons (Fsp3) is 0.0909. The molecule has 0 saturated carbocycles. The van der Waals surface area contributed by atoms with Crippen LogP contribution in [0.5, 0.6) is 0 Å². The highest BCUT2D eigenvalue weighted by Crippen LogP contribution is 2.24. The van der Waals surface area contributed by atoms with E-state index in [0.29, 0.717) is 0 Å². The molecule has 0 aliphatic carbocycles. The van der Waals surface area contributed by atoms with Crippen molar-refractivity contribution in [3.63, 3.8) is 0 Å². The molecule has 0 fully saturated rings. The van der Waals surface area contributed by atoms with Crippen molar-refractivity contribution in [2.24, 2.45) is 0 Å². The third-order valence-electron chi connectivity index (χ3n) is 2.08. The molecule has 0 aromatic carbocycles. The van der Waals surface area contributed by atoms with E-state index in [-0.39, 0.29) is 0 Å². The second kappa shape index (κ2) is 2.52. The van der Waals surface area contributed by atoms with Gasteiger partial charge in [0.15, 0.2) is 0 Å². The molecule has 0 bridgehead atoms. The number of allylic oxidation sites excluding steroid dienone is 6. The van der Waals surface area contributed by atoms with Gasteiger partial charge < -0.3 is 4.90 Å². The summed E-state index contributed by atoms with van der Waals surface area (Å²) in [6.45, 7) is 6.03. The molecule has 0 saturated heterocycles. The predicted octanol–water partition coefficient (Wildman–Crippen LogP) is 2.73. The highest BCUT2D eigenvalue weighted by molar-refractivity contribution is 5.47. The summed E-state index contributed by atoms with van der Waals surface area (Å²) in [4.78, 5) is 2.10. The minimum absolute atomic E-state index is 1.10. The molecular formula is C11H11N. The molecule has 0 aromatic rings. The van der Waals surface area contributed by atoms with Crippen molar-refractivity contribution in [1.82, 2.24) is 4.90 Å². The van der Waals surface area contributed by atoms with Crippen LogP contribution in [0.3, 0.4) is 0 Å². The lowest BCUT2D eigenvalue weighted by Gasteiger charge is -2.24. The van der Waals surface area contributed by atoms with Crippen molar-refractivity contribution in [1.29, 1.82) is 0 Å². The molecule has 2 rings (SSSR count). The van der Waals surface area contributed by atoms with Crippen LogP contribution in [0.2, 0.25) is 0 Å². The fourth-order valence-electron chi connectivity index (χ4n) is 1.29. The molecule has 0 atom stereocenters. The summed E-state index contributed by atoms with van der Waals surface area (Å²) in [6.07, 6.45) is 12.4. The van der Waals surface area contributed by atoms with Gasteiger partial charge in [-0.15, -0.1) is 0 Å². The van der Waals surface area contributed by atoms with Gasteiger partial charge in [-0.25, -0.2) is 0 Å². The van der Waals surface area contributed by atoms with Gasteiger partial charge in [0.2, 0.25) is 0 Å². The molecule has 1 heteroatoms. The molecular weight excluding hydrogens is 146 g/mol. The molecule has 12 heavy (non-hydrogen) atoms. The number of nitrogens with zero attached hydrogens (tertiary/aromatic N) is 1. The van der Waals surface area contributed by atoms with Crippen LogP contribution in [-0.4, -0.2) is 4.90 Å². The zero-order valence-electron chi connectivity index (χ0n) is 7.12. The van der Waals surface area contributed by atoms with E-state index in [1.165, 1.54) is 11.3 Å². The maximum absolute atomic E-state index is 3.96. The highest BCUT2D eigenvalue weighted by atomic mass is 15.1. The summed E-state index contributed by atoms with van der Waals surface area (Å²) in [5.74, 6) is 0. The quantitative estimate of drug-likeness (QED) is 0.522. The van der Waals surface area contributed by atoms with E-state index in [2.05, 4.69) is 36.8 Å². The zero-order valence-corrected chi connectivity index (χ0v) is 7.12. The highest BCUT2D eigenvalue weighted by Gasteiger charge is 2.10. The van der Waals surface area contributed by atoms with Crippen molar-refractivity contribution in [2.75, 3.05) is 0 Å². The molecule has 0 aromatic heterocycles. The summed E-state index contributed by atoms with van der Waals surface area (Å²) in [6, 6.07) is 0. The third kappa shape index (κ3) is 1.03. The van der Waals surface area contributed by atoms with Gasteiger partial charge in [-0.3, -0.25) is 0 Å². The Kier molecular flexibility index (Phi) is 1.51. The van der Waals surface area contributed by atoms with E-state index in [0.717, 1.165) is 5.57 Å². The minimum Gasteiger partial charge on any atom is -0.324 e. The first-order chi connectivity index (χ1) is 5.77. The molecule has 0 amide bonds. The van der Waals surface area contributed by atoms with E-state index in [1.54, 1.807) is 0 Å². The van der Waals surface area contributed by atoms with Crippen LogP contribution < -0.4 is 0 Å². The van der Waals surface area contributed by atoms with Crippen molar-refractivity contribution in [2.45, 2.75) is 6.92 Å². The van der Waals surface area contributed by atoms with Gasteiger partial charge in [-0.05, 0) is 36.3 Å².